The molecule has 2 aromatic carbocycles. The largest absolute Gasteiger partial charge is 0.405 e. The van der Waals surface area contributed by atoms with E-state index in [1.54, 1.807) is 30.5 Å². The van der Waals surface area contributed by atoms with Gasteiger partial charge in [0.1, 0.15) is 0 Å². The first-order chi connectivity index (χ1) is 12.6. The summed E-state index contributed by atoms with van der Waals surface area (Å²) in [6.07, 6.45) is 0. The second-order valence-corrected chi connectivity index (χ2v) is 8.35. The van der Waals surface area contributed by atoms with Crippen LogP contribution in [0.2, 0.25) is 0 Å². The molecule has 1 aliphatic rings. The van der Waals surface area contributed by atoms with Crippen molar-refractivity contribution in [3.8, 4) is 0 Å². The van der Waals surface area contributed by atoms with Gasteiger partial charge in [0.2, 0.25) is 5.91 Å². The molecule has 0 saturated heterocycles. The summed E-state index contributed by atoms with van der Waals surface area (Å²) in [5, 5.41) is 2.67. The van der Waals surface area contributed by atoms with Crippen LogP contribution in [0.15, 0.2) is 58.3 Å². The van der Waals surface area contributed by atoms with Gasteiger partial charge in [0.15, 0.2) is 0 Å². The van der Waals surface area contributed by atoms with Crippen molar-refractivity contribution in [2.45, 2.75) is 23.6 Å². The molecule has 0 aliphatic carbocycles. The van der Waals surface area contributed by atoms with Crippen molar-refractivity contribution in [3.05, 3.63) is 48.5 Å². The van der Waals surface area contributed by atoms with Gasteiger partial charge < -0.3 is 0 Å². The highest BCUT2D eigenvalue weighted by molar-refractivity contribution is 7.99. The average Bonchev–Trinajstić information content (AvgIpc) is 2.64. The Morgan fingerprint density at radius 3 is 2.00 bits per heavy atom. The smallest absolute Gasteiger partial charge is 0.297 e. The van der Waals surface area contributed by atoms with Crippen LogP contribution in [0, 0.1) is 0 Å². The first-order valence-corrected chi connectivity index (χ1v) is 10.8. The molecule has 0 spiro atoms. The molecule has 1 heterocycles. The molecule has 1 N–H and O–H groups in total. The van der Waals surface area contributed by atoms with Crippen LogP contribution >= 0.6 is 19.5 Å². The third-order valence-corrected chi connectivity index (χ3v) is 6.58. The fourth-order valence-electron chi connectivity index (χ4n) is 2.69. The fraction of sp³-hybridized carbons (Fsp3) is 0.278. The number of hydrogen-bond donors (Lipinski definition) is 1. The zero-order chi connectivity index (χ0) is 18.6. The predicted molar refractivity (Wildman–Crippen MR) is 103 cm³/mol. The summed E-state index contributed by atoms with van der Waals surface area (Å²) in [6.45, 7) is 3.74. The lowest BCUT2D eigenvalue weighted by molar-refractivity contribution is -0.117. The van der Waals surface area contributed by atoms with Crippen molar-refractivity contribution >= 4 is 36.8 Å². The van der Waals surface area contributed by atoms with Gasteiger partial charge in [-0.3, -0.25) is 18.7 Å². The van der Waals surface area contributed by atoms with E-state index >= 15 is 0 Å². The van der Waals surface area contributed by atoms with Crippen LogP contribution < -0.4 is 9.99 Å². The number of carbonyl (C=O) groups excluding carboxylic acids is 1. The zero-order valence-corrected chi connectivity index (χ0v) is 16.4. The summed E-state index contributed by atoms with van der Waals surface area (Å²) in [5.41, 5.74) is 1.62. The quantitative estimate of drug-likeness (QED) is 0.696. The van der Waals surface area contributed by atoms with Crippen LogP contribution in [0.3, 0.4) is 0 Å². The Morgan fingerprint density at radius 2 is 1.50 bits per heavy atom. The number of anilines is 2. The molecular formula is C18H21N2O4PS. The maximum atomic E-state index is 13.0. The highest BCUT2D eigenvalue weighted by Crippen LogP contribution is 2.48. The Morgan fingerprint density at radius 1 is 1.00 bits per heavy atom. The highest BCUT2D eigenvalue weighted by Gasteiger charge is 2.30. The van der Waals surface area contributed by atoms with E-state index in [2.05, 4.69) is 5.09 Å². The summed E-state index contributed by atoms with van der Waals surface area (Å²) in [4.78, 5) is 16.6. The van der Waals surface area contributed by atoms with E-state index in [0.717, 1.165) is 21.2 Å². The molecule has 8 heteroatoms. The highest BCUT2D eigenvalue weighted by atomic mass is 32.2. The number of para-hydroxylation sites is 2. The lowest BCUT2D eigenvalue weighted by atomic mass is 10.2. The van der Waals surface area contributed by atoms with Gasteiger partial charge in [0.05, 0.1) is 31.1 Å². The molecule has 1 aliphatic heterocycles. The summed E-state index contributed by atoms with van der Waals surface area (Å²) in [7, 11) is -3.50. The molecule has 3 rings (SSSR count). The van der Waals surface area contributed by atoms with E-state index in [9.17, 15) is 9.36 Å². The van der Waals surface area contributed by atoms with Crippen LogP contribution in [0.4, 0.5) is 11.4 Å². The van der Waals surface area contributed by atoms with Gasteiger partial charge >= 0.3 is 7.75 Å². The van der Waals surface area contributed by atoms with Crippen LogP contribution in [0.1, 0.15) is 13.8 Å². The first kappa shape index (κ1) is 19.1. The topological polar surface area (TPSA) is 67.9 Å². The Labute approximate surface area is 157 Å². The monoisotopic (exact) mass is 392 g/mol. The SMILES string of the molecule is CCOP(=O)(NCC(=O)N1c2ccccc2Sc2ccccc21)OCC. The maximum Gasteiger partial charge on any atom is 0.405 e. The predicted octanol–water partition coefficient (Wildman–Crippen LogP) is 4.59. The van der Waals surface area contributed by atoms with Gasteiger partial charge in [-0.15, -0.1) is 0 Å². The molecule has 1 amide bonds. The number of nitrogens with one attached hydrogen (secondary N) is 1. The summed E-state index contributed by atoms with van der Waals surface area (Å²) in [6, 6.07) is 15.4. The van der Waals surface area contributed by atoms with Crippen molar-refractivity contribution in [1.82, 2.24) is 5.09 Å². The summed E-state index contributed by atoms with van der Waals surface area (Å²) >= 11 is 1.63. The Balaban J connectivity index is 1.86. The number of nitrogens with zero attached hydrogens (tertiary/aromatic N) is 1. The van der Waals surface area contributed by atoms with E-state index in [0.29, 0.717) is 0 Å². The molecule has 26 heavy (non-hydrogen) atoms. The Kier molecular flexibility index (Phi) is 6.16. The number of rotatable bonds is 7. The fourth-order valence-corrected chi connectivity index (χ4v) is 5.01. The Bertz CT molecular complexity index is 790. The molecule has 0 bridgehead atoms. The van der Waals surface area contributed by atoms with Crippen molar-refractivity contribution in [2.75, 3.05) is 24.7 Å². The van der Waals surface area contributed by atoms with E-state index in [1.807, 2.05) is 48.5 Å². The van der Waals surface area contributed by atoms with Crippen LogP contribution in [-0.2, 0) is 18.4 Å². The molecule has 0 unspecified atom stereocenters. The first-order valence-electron chi connectivity index (χ1n) is 8.41. The van der Waals surface area contributed by atoms with Gasteiger partial charge in [0.25, 0.3) is 0 Å². The third kappa shape index (κ3) is 4.03. The van der Waals surface area contributed by atoms with Gasteiger partial charge in [-0.05, 0) is 38.1 Å². The van der Waals surface area contributed by atoms with Crippen LogP contribution in [-0.4, -0.2) is 25.7 Å². The van der Waals surface area contributed by atoms with Crippen molar-refractivity contribution in [1.29, 1.82) is 0 Å². The lowest BCUT2D eigenvalue weighted by Crippen LogP contribution is -2.36. The second-order valence-electron chi connectivity index (χ2n) is 5.43. The average molecular weight is 392 g/mol. The van der Waals surface area contributed by atoms with Gasteiger partial charge in [-0.1, -0.05) is 36.0 Å². The zero-order valence-electron chi connectivity index (χ0n) is 14.7. The normalized spacial score (nSPS) is 13.2. The summed E-state index contributed by atoms with van der Waals surface area (Å²) in [5.74, 6) is -0.232. The minimum absolute atomic E-state index is 0.162. The Hall–Kier alpha value is -1.63. The van der Waals surface area contributed by atoms with Crippen LogP contribution in [0.5, 0.6) is 0 Å². The van der Waals surface area contributed by atoms with E-state index in [4.69, 9.17) is 9.05 Å². The molecule has 0 aromatic heterocycles. The molecule has 2 aromatic rings. The van der Waals surface area contributed by atoms with E-state index in [1.165, 1.54) is 0 Å². The van der Waals surface area contributed by atoms with Crippen molar-refractivity contribution < 1.29 is 18.4 Å². The van der Waals surface area contributed by atoms with Gasteiger partial charge in [-0.25, -0.2) is 9.65 Å². The van der Waals surface area contributed by atoms with E-state index in [-0.39, 0.29) is 25.7 Å². The summed E-state index contributed by atoms with van der Waals surface area (Å²) < 4.78 is 22.9. The molecule has 138 valence electrons. The molecule has 0 radical (unpaired) electrons. The van der Waals surface area contributed by atoms with Gasteiger partial charge in [0, 0.05) is 9.79 Å². The number of hydrogen-bond acceptors (Lipinski definition) is 5. The molecular weight excluding hydrogens is 371 g/mol. The lowest BCUT2D eigenvalue weighted by Gasteiger charge is -2.31. The van der Waals surface area contributed by atoms with Crippen molar-refractivity contribution in [3.63, 3.8) is 0 Å². The molecule has 0 saturated carbocycles. The number of fused-ring (bicyclic) bond motifs is 2. The maximum absolute atomic E-state index is 13.0. The number of carbonyl (C=O) groups is 1. The number of amides is 1. The standard InChI is InChI=1S/C18H21N2O4PS/c1-3-23-25(22,24-4-2)19-13-18(21)20-14-9-5-7-11-16(14)26-17-12-8-6-10-15(17)20/h5-12H,3-4,13H2,1-2H3,(H,19,22). The van der Waals surface area contributed by atoms with Crippen molar-refractivity contribution in [2.24, 2.45) is 0 Å². The molecule has 0 atom stereocenters. The third-order valence-electron chi connectivity index (χ3n) is 3.70. The minimum Gasteiger partial charge on any atom is -0.297 e. The molecule has 6 nitrogen and oxygen atoms in total. The second kappa shape index (κ2) is 8.37. The molecule has 0 fully saturated rings. The van der Waals surface area contributed by atoms with Gasteiger partial charge in [-0.2, -0.15) is 0 Å². The minimum atomic E-state index is -3.50. The van der Waals surface area contributed by atoms with E-state index < -0.39 is 7.75 Å². The number of benzene rings is 2. The van der Waals surface area contributed by atoms with Crippen LogP contribution in [0.25, 0.3) is 0 Å².